The van der Waals surface area contributed by atoms with Crippen molar-refractivity contribution in [1.82, 2.24) is 9.97 Å². The van der Waals surface area contributed by atoms with Crippen molar-refractivity contribution in [3.63, 3.8) is 0 Å². The summed E-state index contributed by atoms with van der Waals surface area (Å²) in [6.45, 7) is 0. The average Bonchev–Trinajstić information content (AvgIpc) is 2.17. The number of hydrogen-bond acceptors (Lipinski definition) is 5. The maximum Gasteiger partial charge on any atom is 0.251 e. The molecule has 0 atom stereocenters. The van der Waals surface area contributed by atoms with Gasteiger partial charge < -0.3 is 5.73 Å². The van der Waals surface area contributed by atoms with Crippen molar-refractivity contribution in [1.29, 1.82) is 0 Å². The van der Waals surface area contributed by atoms with Crippen molar-refractivity contribution in [3.05, 3.63) is 24.3 Å². The molecular weight excluding hydrogens is 180 g/mol. The highest BCUT2D eigenvalue weighted by molar-refractivity contribution is 5.88. The van der Waals surface area contributed by atoms with Crippen LogP contribution in [0.4, 0.5) is 11.8 Å². The lowest BCUT2D eigenvalue weighted by molar-refractivity contribution is 0.273. The molecule has 5 heteroatoms. The van der Waals surface area contributed by atoms with Crippen LogP contribution in [0.25, 0.3) is 10.9 Å². The highest BCUT2D eigenvalue weighted by Gasteiger charge is 2.06. The minimum absolute atomic E-state index is 0.196. The number of aromatic nitrogens is 2. The predicted molar refractivity (Wildman–Crippen MR) is 54.1 cm³/mol. The van der Waals surface area contributed by atoms with Crippen LogP contribution in [0.15, 0.2) is 24.3 Å². The molecule has 0 fully saturated rings. The van der Waals surface area contributed by atoms with Gasteiger partial charge in [-0.2, -0.15) is 4.98 Å². The van der Waals surface area contributed by atoms with Crippen molar-refractivity contribution in [2.45, 2.75) is 0 Å². The first-order valence-electron chi connectivity index (χ1n) is 4.13. The molecule has 0 radical (unpaired) electrons. The van der Waals surface area contributed by atoms with Gasteiger partial charge in [-0.1, -0.05) is 12.1 Å². The third-order valence-corrected chi connectivity index (χ3v) is 1.91. The lowest BCUT2D eigenvalue weighted by Gasteiger charge is -2.09. The number of nitrogen functional groups attached to an aromatic ring is 1. The van der Waals surface area contributed by atoms with Gasteiger partial charge >= 0.3 is 0 Å². The zero-order chi connectivity index (χ0) is 10.1. The van der Waals surface area contributed by atoms with E-state index < -0.39 is 0 Å². The Morgan fingerprint density at radius 2 is 2.00 bits per heavy atom. The minimum atomic E-state index is 0.196. The second kappa shape index (κ2) is 3.12. The van der Waals surface area contributed by atoms with E-state index in [1.807, 2.05) is 24.3 Å². The number of hydrogen-bond donors (Lipinski definition) is 2. The van der Waals surface area contributed by atoms with Crippen LogP contribution in [0.3, 0.4) is 0 Å². The Bertz CT molecular complexity index is 469. The van der Waals surface area contributed by atoms with Gasteiger partial charge in [-0.05, 0) is 12.1 Å². The monoisotopic (exact) mass is 190 g/mol. The molecule has 2 aromatic rings. The summed E-state index contributed by atoms with van der Waals surface area (Å²) in [6, 6.07) is 7.38. The Hall–Kier alpha value is -1.88. The van der Waals surface area contributed by atoms with Crippen LogP contribution in [0, 0.1) is 0 Å². The number of para-hydroxylation sites is 1. The van der Waals surface area contributed by atoms with Crippen molar-refractivity contribution in [2.75, 3.05) is 17.8 Å². The van der Waals surface area contributed by atoms with Crippen molar-refractivity contribution < 1.29 is 5.21 Å². The molecular formula is C9H10N4O. The molecule has 1 aromatic heterocycles. The normalized spacial score (nSPS) is 10.4. The second-order valence-corrected chi connectivity index (χ2v) is 2.95. The summed E-state index contributed by atoms with van der Waals surface area (Å²) in [6.07, 6.45) is 0. The third kappa shape index (κ3) is 1.33. The molecule has 0 saturated carbocycles. The van der Waals surface area contributed by atoms with Gasteiger partial charge in [-0.25, -0.2) is 10.0 Å². The molecule has 0 amide bonds. The molecule has 0 aliphatic carbocycles. The van der Waals surface area contributed by atoms with Gasteiger partial charge in [0.25, 0.3) is 5.95 Å². The first-order chi connectivity index (χ1) is 6.68. The number of rotatable bonds is 1. The van der Waals surface area contributed by atoms with E-state index in [0.29, 0.717) is 5.82 Å². The van der Waals surface area contributed by atoms with Crippen molar-refractivity contribution in [3.8, 4) is 0 Å². The average molecular weight is 190 g/mol. The number of benzene rings is 1. The number of fused-ring (bicyclic) bond motifs is 1. The zero-order valence-electron chi connectivity index (χ0n) is 7.68. The minimum Gasteiger partial charge on any atom is -0.383 e. The van der Waals surface area contributed by atoms with Gasteiger partial charge in [0, 0.05) is 12.4 Å². The van der Waals surface area contributed by atoms with Crippen LogP contribution in [0.5, 0.6) is 0 Å². The first kappa shape index (κ1) is 8.71. The number of nitrogens with zero attached hydrogens (tertiary/aromatic N) is 3. The van der Waals surface area contributed by atoms with E-state index >= 15 is 0 Å². The molecule has 72 valence electrons. The lowest BCUT2D eigenvalue weighted by atomic mass is 10.2. The van der Waals surface area contributed by atoms with Crippen LogP contribution < -0.4 is 10.8 Å². The van der Waals surface area contributed by atoms with Crippen LogP contribution in [-0.4, -0.2) is 22.2 Å². The molecule has 0 spiro atoms. The quantitative estimate of drug-likeness (QED) is 0.657. The molecule has 0 saturated heterocycles. The maximum absolute atomic E-state index is 9.16. The van der Waals surface area contributed by atoms with Crippen LogP contribution >= 0.6 is 0 Å². The van der Waals surface area contributed by atoms with E-state index in [4.69, 9.17) is 10.9 Å². The van der Waals surface area contributed by atoms with Crippen molar-refractivity contribution in [2.24, 2.45) is 0 Å². The van der Waals surface area contributed by atoms with Gasteiger partial charge in [0.05, 0.1) is 5.52 Å². The molecule has 0 aliphatic rings. The topological polar surface area (TPSA) is 75.3 Å². The Kier molecular flexibility index (Phi) is 1.94. The molecule has 2 rings (SSSR count). The van der Waals surface area contributed by atoms with E-state index in [1.165, 1.54) is 7.05 Å². The van der Waals surface area contributed by atoms with Gasteiger partial charge in [0.2, 0.25) is 0 Å². The summed E-state index contributed by atoms with van der Waals surface area (Å²) < 4.78 is 0. The molecule has 1 heterocycles. The van der Waals surface area contributed by atoms with Gasteiger partial charge in [-0.3, -0.25) is 5.21 Å². The van der Waals surface area contributed by atoms with Crippen molar-refractivity contribution >= 4 is 22.7 Å². The highest BCUT2D eigenvalue weighted by Crippen LogP contribution is 2.19. The Morgan fingerprint density at radius 3 is 2.71 bits per heavy atom. The Morgan fingerprint density at radius 1 is 1.29 bits per heavy atom. The SMILES string of the molecule is CN(O)c1nc(N)c2ccccc2n1. The molecule has 5 nitrogen and oxygen atoms in total. The van der Waals surface area contributed by atoms with Gasteiger partial charge in [-0.15, -0.1) is 0 Å². The largest absolute Gasteiger partial charge is 0.383 e. The van der Waals surface area contributed by atoms with E-state index in [2.05, 4.69) is 9.97 Å². The van der Waals surface area contributed by atoms with Crippen LogP contribution in [0.1, 0.15) is 0 Å². The second-order valence-electron chi connectivity index (χ2n) is 2.95. The Labute approximate surface area is 80.8 Å². The standard InChI is InChI=1S/C9H10N4O/c1-13(14)9-11-7-5-3-2-4-6(7)8(10)12-9/h2-5,14H,1H3,(H2,10,11,12). The van der Waals surface area contributed by atoms with Gasteiger partial charge in [0.15, 0.2) is 0 Å². The fraction of sp³-hybridized carbons (Fsp3) is 0.111. The summed E-state index contributed by atoms with van der Waals surface area (Å²) in [4.78, 5) is 8.06. The first-order valence-corrected chi connectivity index (χ1v) is 4.13. The molecule has 1 aromatic carbocycles. The predicted octanol–water partition coefficient (Wildman–Crippen LogP) is 1.04. The van der Waals surface area contributed by atoms with E-state index in [0.717, 1.165) is 16.0 Å². The maximum atomic E-state index is 9.16. The number of anilines is 2. The molecule has 0 bridgehead atoms. The fourth-order valence-corrected chi connectivity index (χ4v) is 1.23. The summed E-state index contributed by atoms with van der Waals surface area (Å²) in [5.74, 6) is 0.563. The molecule has 0 aliphatic heterocycles. The smallest absolute Gasteiger partial charge is 0.251 e. The van der Waals surface area contributed by atoms with E-state index in [-0.39, 0.29) is 5.95 Å². The Balaban J connectivity index is 2.72. The molecule has 0 unspecified atom stereocenters. The summed E-state index contributed by atoms with van der Waals surface area (Å²) in [7, 11) is 1.45. The molecule has 3 N–H and O–H groups in total. The number of nitrogens with two attached hydrogens (primary N) is 1. The third-order valence-electron chi connectivity index (χ3n) is 1.91. The number of hydroxylamine groups is 1. The van der Waals surface area contributed by atoms with Gasteiger partial charge in [0.1, 0.15) is 5.82 Å². The van der Waals surface area contributed by atoms with E-state index in [1.54, 1.807) is 0 Å². The van der Waals surface area contributed by atoms with Crippen LogP contribution in [0.2, 0.25) is 0 Å². The van der Waals surface area contributed by atoms with Crippen LogP contribution in [-0.2, 0) is 0 Å². The zero-order valence-corrected chi connectivity index (χ0v) is 7.68. The highest BCUT2D eigenvalue weighted by atomic mass is 16.5. The van der Waals surface area contributed by atoms with E-state index in [9.17, 15) is 0 Å². The summed E-state index contributed by atoms with van der Waals surface area (Å²) >= 11 is 0. The fourth-order valence-electron chi connectivity index (χ4n) is 1.23. The summed E-state index contributed by atoms with van der Waals surface area (Å²) in [5, 5.41) is 10.8. The molecule has 14 heavy (non-hydrogen) atoms. The summed E-state index contributed by atoms with van der Waals surface area (Å²) in [5.41, 5.74) is 6.42. The lowest BCUT2D eigenvalue weighted by Crippen LogP contribution is -2.14.